The summed E-state index contributed by atoms with van der Waals surface area (Å²) < 4.78 is 4.73. The minimum Gasteiger partial charge on any atom is -0.507 e. The van der Waals surface area contributed by atoms with Gasteiger partial charge >= 0.3 is 5.97 Å². The lowest BCUT2D eigenvalue weighted by atomic mass is 10.0. The van der Waals surface area contributed by atoms with E-state index >= 15 is 0 Å². The molecule has 1 amide bonds. The molecule has 1 N–H and O–H groups in total. The van der Waals surface area contributed by atoms with Gasteiger partial charge in [-0.05, 0) is 42.7 Å². The normalized spacial score (nSPS) is 14.1. The fourth-order valence-electron chi connectivity index (χ4n) is 3.09. The fraction of sp³-hybridized carbons (Fsp3) is 0.238. The Hall–Kier alpha value is -3.08. The number of aliphatic hydroxyl groups excluding tert-OH is 1. The van der Waals surface area contributed by atoms with Crippen molar-refractivity contribution >= 4 is 23.3 Å². The number of hydrogen-bond donors (Lipinski definition) is 1. The Morgan fingerprint density at radius 1 is 1.15 bits per heavy atom. The molecule has 0 saturated heterocycles. The van der Waals surface area contributed by atoms with Gasteiger partial charge in [-0.25, -0.2) is 4.79 Å². The van der Waals surface area contributed by atoms with Crippen LogP contribution in [0.5, 0.6) is 0 Å². The Bertz CT molecular complexity index is 914. The number of hydrogen-bond acceptors (Lipinski definition) is 4. The van der Waals surface area contributed by atoms with Crippen molar-refractivity contribution in [1.82, 2.24) is 0 Å². The number of aryl methyl sites for hydroxylation is 2. The third-order valence-corrected chi connectivity index (χ3v) is 4.71. The van der Waals surface area contributed by atoms with Gasteiger partial charge in [0, 0.05) is 5.56 Å². The quantitative estimate of drug-likeness (QED) is 0.857. The minimum absolute atomic E-state index is 0.0208. The molecule has 0 aromatic heterocycles. The molecule has 134 valence electrons. The maximum Gasteiger partial charge on any atom is 0.338 e. The average Bonchev–Trinajstić information content (AvgIpc) is 2.74. The van der Waals surface area contributed by atoms with E-state index in [-0.39, 0.29) is 23.7 Å². The summed E-state index contributed by atoms with van der Waals surface area (Å²) >= 11 is 0. The van der Waals surface area contributed by atoms with E-state index in [1.807, 2.05) is 32.0 Å². The minimum atomic E-state index is -0.696. The van der Waals surface area contributed by atoms with Crippen LogP contribution in [-0.2, 0) is 20.9 Å². The molecule has 26 heavy (non-hydrogen) atoms. The monoisotopic (exact) mass is 351 g/mol. The average molecular weight is 351 g/mol. The van der Waals surface area contributed by atoms with E-state index in [9.17, 15) is 14.7 Å². The number of esters is 1. The van der Waals surface area contributed by atoms with Crippen LogP contribution in [0.25, 0.3) is 5.76 Å². The summed E-state index contributed by atoms with van der Waals surface area (Å²) in [4.78, 5) is 26.5. The van der Waals surface area contributed by atoms with Gasteiger partial charge in [0.15, 0.2) is 0 Å². The summed E-state index contributed by atoms with van der Waals surface area (Å²) in [7, 11) is 1.23. The Balaban J connectivity index is 2.06. The van der Waals surface area contributed by atoms with Crippen LogP contribution in [-0.4, -0.2) is 24.1 Å². The second-order valence-electron chi connectivity index (χ2n) is 6.41. The fourth-order valence-corrected chi connectivity index (χ4v) is 3.09. The zero-order chi connectivity index (χ0) is 18.8. The van der Waals surface area contributed by atoms with Crippen molar-refractivity contribution in [2.75, 3.05) is 12.0 Å². The molecule has 3 rings (SSSR count). The number of fused-ring (bicyclic) bond motifs is 1. The highest BCUT2D eigenvalue weighted by Gasteiger charge is 2.31. The van der Waals surface area contributed by atoms with Crippen molar-refractivity contribution in [2.45, 2.75) is 26.8 Å². The van der Waals surface area contributed by atoms with E-state index in [0.717, 1.165) is 11.1 Å². The molecule has 1 aliphatic heterocycles. The number of ether oxygens (including phenoxy) is 1. The lowest BCUT2D eigenvalue weighted by molar-refractivity contribution is -0.137. The summed E-state index contributed by atoms with van der Waals surface area (Å²) in [5.74, 6) is -1.16. The van der Waals surface area contributed by atoms with Crippen LogP contribution in [0.4, 0.5) is 5.69 Å². The third kappa shape index (κ3) is 3.20. The summed E-state index contributed by atoms with van der Waals surface area (Å²) in [6, 6.07) is 13.1. The first kappa shape index (κ1) is 17.7. The molecule has 5 nitrogen and oxygen atoms in total. The van der Waals surface area contributed by atoms with Gasteiger partial charge in [0.25, 0.3) is 0 Å². The van der Waals surface area contributed by atoms with E-state index in [1.54, 1.807) is 29.2 Å². The van der Waals surface area contributed by atoms with Crippen molar-refractivity contribution in [1.29, 1.82) is 0 Å². The predicted octanol–water partition coefficient (Wildman–Crippen LogP) is 3.68. The zero-order valence-corrected chi connectivity index (χ0v) is 15.1. The second kappa shape index (κ2) is 7.04. The number of para-hydroxylation sites is 1. The first-order chi connectivity index (χ1) is 12.4. The first-order valence-corrected chi connectivity index (χ1v) is 8.38. The van der Waals surface area contributed by atoms with E-state index in [1.165, 1.54) is 12.7 Å². The van der Waals surface area contributed by atoms with Gasteiger partial charge < -0.3 is 14.7 Å². The summed E-state index contributed by atoms with van der Waals surface area (Å²) in [6.07, 6.45) is -0.210. The van der Waals surface area contributed by atoms with Crippen LogP contribution in [0.3, 0.4) is 0 Å². The number of nitrogens with zero attached hydrogens (tertiary/aromatic N) is 1. The molecule has 0 saturated carbocycles. The van der Waals surface area contributed by atoms with E-state index in [2.05, 4.69) is 0 Å². The highest BCUT2D eigenvalue weighted by atomic mass is 16.5. The molecule has 0 atom stereocenters. The number of amides is 1. The van der Waals surface area contributed by atoms with Crippen molar-refractivity contribution in [2.24, 2.45) is 0 Å². The van der Waals surface area contributed by atoms with Crippen LogP contribution < -0.4 is 4.90 Å². The van der Waals surface area contributed by atoms with Gasteiger partial charge in [0.2, 0.25) is 5.91 Å². The maximum absolute atomic E-state index is 12.9. The number of aliphatic hydroxyl groups is 1. The van der Waals surface area contributed by atoms with Gasteiger partial charge in [-0.3, -0.25) is 4.79 Å². The van der Waals surface area contributed by atoms with Crippen LogP contribution in [0.2, 0.25) is 0 Å². The molecule has 0 unspecified atom stereocenters. The largest absolute Gasteiger partial charge is 0.507 e. The Morgan fingerprint density at radius 3 is 2.58 bits per heavy atom. The van der Waals surface area contributed by atoms with Crippen LogP contribution in [0.1, 0.15) is 28.7 Å². The summed E-state index contributed by atoms with van der Waals surface area (Å²) in [6.45, 7) is 4.43. The van der Waals surface area contributed by atoms with Crippen LogP contribution >= 0.6 is 0 Å². The molecule has 1 aliphatic rings. The Morgan fingerprint density at radius 2 is 1.88 bits per heavy atom. The Labute approximate surface area is 152 Å². The summed E-state index contributed by atoms with van der Waals surface area (Å²) in [5.41, 5.74) is 4.32. The lowest BCUT2D eigenvalue weighted by Gasteiger charge is -2.23. The highest BCUT2D eigenvalue weighted by Crippen LogP contribution is 2.34. The molecule has 0 bridgehead atoms. The summed E-state index contributed by atoms with van der Waals surface area (Å²) in [5, 5.41) is 10.6. The number of methoxy groups -OCH3 is 1. The lowest BCUT2D eigenvalue weighted by Crippen LogP contribution is -2.30. The molecular formula is C21H21NO4. The molecule has 0 aliphatic carbocycles. The smallest absolute Gasteiger partial charge is 0.338 e. The number of rotatable bonds is 3. The second-order valence-corrected chi connectivity index (χ2v) is 6.41. The standard InChI is InChI=1S/C21H21NO4/c1-13-8-9-15(10-14(13)2)12-22-18-7-5-4-6-16(18)20(24)17(11-19(22)23)21(25)26-3/h4-10,24H,11-12H2,1-3H3. The molecule has 2 aromatic rings. The molecule has 2 aromatic carbocycles. The van der Waals surface area contributed by atoms with Gasteiger partial charge in [0.1, 0.15) is 5.76 Å². The van der Waals surface area contributed by atoms with E-state index in [4.69, 9.17) is 4.74 Å². The third-order valence-electron chi connectivity index (χ3n) is 4.71. The molecule has 0 radical (unpaired) electrons. The van der Waals surface area contributed by atoms with Gasteiger partial charge in [-0.15, -0.1) is 0 Å². The number of benzene rings is 2. The maximum atomic E-state index is 12.9. The van der Waals surface area contributed by atoms with E-state index < -0.39 is 5.97 Å². The van der Waals surface area contributed by atoms with Gasteiger partial charge in [-0.2, -0.15) is 0 Å². The first-order valence-electron chi connectivity index (χ1n) is 8.38. The molecule has 0 fully saturated rings. The number of carbonyl (C=O) groups is 2. The van der Waals surface area contributed by atoms with Gasteiger partial charge in [-0.1, -0.05) is 30.3 Å². The van der Waals surface area contributed by atoms with Crippen molar-refractivity contribution in [3.05, 3.63) is 70.3 Å². The molecular weight excluding hydrogens is 330 g/mol. The molecule has 1 heterocycles. The van der Waals surface area contributed by atoms with E-state index in [0.29, 0.717) is 17.8 Å². The van der Waals surface area contributed by atoms with Crippen LogP contribution in [0, 0.1) is 13.8 Å². The molecule has 5 heteroatoms. The van der Waals surface area contributed by atoms with Crippen molar-refractivity contribution in [3.8, 4) is 0 Å². The van der Waals surface area contributed by atoms with Crippen LogP contribution in [0.15, 0.2) is 48.0 Å². The zero-order valence-electron chi connectivity index (χ0n) is 15.1. The predicted molar refractivity (Wildman–Crippen MR) is 99.7 cm³/mol. The van der Waals surface area contributed by atoms with Gasteiger partial charge in [0.05, 0.1) is 31.3 Å². The Kier molecular flexibility index (Phi) is 4.80. The highest BCUT2D eigenvalue weighted by molar-refractivity contribution is 6.09. The van der Waals surface area contributed by atoms with Crippen molar-refractivity contribution in [3.63, 3.8) is 0 Å². The molecule has 0 spiro atoms. The topological polar surface area (TPSA) is 66.8 Å². The SMILES string of the molecule is COC(=O)C1=C(O)c2ccccc2N(Cc2ccc(C)c(C)c2)C(=O)C1. The van der Waals surface area contributed by atoms with Crippen molar-refractivity contribution < 1.29 is 19.4 Å². The number of carbonyl (C=O) groups excluding carboxylic acids is 2. The number of anilines is 1.